The average molecular weight is 329 g/mol. The van der Waals surface area contributed by atoms with Crippen LogP contribution in [0.3, 0.4) is 0 Å². The van der Waals surface area contributed by atoms with Crippen LogP contribution >= 0.6 is 12.4 Å². The molecule has 0 spiro atoms. The largest absolute Gasteiger partial charge is 0.497 e. The van der Waals surface area contributed by atoms with Crippen molar-refractivity contribution in [3.8, 4) is 11.5 Å². The van der Waals surface area contributed by atoms with Gasteiger partial charge < -0.3 is 20.1 Å². The molecule has 5 nitrogen and oxygen atoms in total. The van der Waals surface area contributed by atoms with Crippen molar-refractivity contribution in [2.24, 2.45) is 5.73 Å². The van der Waals surface area contributed by atoms with Crippen LogP contribution in [0.2, 0.25) is 0 Å². The molecule has 22 heavy (non-hydrogen) atoms. The van der Waals surface area contributed by atoms with Crippen molar-refractivity contribution in [2.75, 3.05) is 14.2 Å². The summed E-state index contributed by atoms with van der Waals surface area (Å²) in [5.74, 6) is 1.65. The third-order valence-electron chi connectivity index (χ3n) is 3.63. The van der Waals surface area contributed by atoms with Crippen LogP contribution in [0.15, 0.2) is 18.2 Å². The Morgan fingerprint density at radius 3 is 2.55 bits per heavy atom. The van der Waals surface area contributed by atoms with E-state index in [0.29, 0.717) is 19.0 Å². The number of halogens is 1. The number of rotatable bonds is 7. The van der Waals surface area contributed by atoms with E-state index in [4.69, 9.17) is 15.2 Å². The summed E-state index contributed by atoms with van der Waals surface area (Å²) in [5.41, 5.74) is 6.71. The third-order valence-corrected chi connectivity index (χ3v) is 3.63. The molecule has 1 unspecified atom stereocenters. The van der Waals surface area contributed by atoms with Crippen LogP contribution < -0.4 is 15.2 Å². The van der Waals surface area contributed by atoms with Crippen LogP contribution in [0.4, 0.5) is 0 Å². The van der Waals surface area contributed by atoms with Crippen LogP contribution in [0.25, 0.3) is 0 Å². The van der Waals surface area contributed by atoms with Crippen molar-refractivity contribution >= 4 is 18.3 Å². The fraction of sp³-hybridized carbons (Fsp3) is 0.562. The van der Waals surface area contributed by atoms with Crippen molar-refractivity contribution < 1.29 is 14.3 Å². The van der Waals surface area contributed by atoms with Crippen LogP contribution in [0, 0.1) is 0 Å². The zero-order chi connectivity index (χ0) is 15.4. The molecule has 1 aromatic carbocycles. The van der Waals surface area contributed by atoms with E-state index >= 15 is 0 Å². The average Bonchev–Trinajstić information content (AvgIpc) is 3.28. The summed E-state index contributed by atoms with van der Waals surface area (Å²) < 4.78 is 10.6. The molecule has 0 radical (unpaired) electrons. The fourth-order valence-corrected chi connectivity index (χ4v) is 2.39. The SMILES string of the molecule is COc1ccc(OC)c(CN(C(=O)CC(C)N)C2CC2)c1.Cl. The summed E-state index contributed by atoms with van der Waals surface area (Å²) in [6.07, 6.45) is 2.51. The van der Waals surface area contributed by atoms with Gasteiger partial charge in [0, 0.05) is 30.6 Å². The molecule has 2 N–H and O–H groups in total. The Kier molecular flexibility index (Phi) is 6.97. The number of benzene rings is 1. The van der Waals surface area contributed by atoms with Gasteiger partial charge in [-0.25, -0.2) is 0 Å². The predicted octanol–water partition coefficient (Wildman–Crippen LogP) is 2.35. The van der Waals surface area contributed by atoms with Crippen molar-refractivity contribution in [3.05, 3.63) is 23.8 Å². The van der Waals surface area contributed by atoms with Crippen LogP contribution in [-0.2, 0) is 11.3 Å². The van der Waals surface area contributed by atoms with E-state index in [1.807, 2.05) is 30.0 Å². The highest BCUT2D eigenvalue weighted by atomic mass is 35.5. The van der Waals surface area contributed by atoms with Gasteiger partial charge in [0.1, 0.15) is 11.5 Å². The summed E-state index contributed by atoms with van der Waals surface area (Å²) in [7, 11) is 3.27. The van der Waals surface area contributed by atoms with E-state index in [-0.39, 0.29) is 24.4 Å². The van der Waals surface area contributed by atoms with Gasteiger partial charge in [0.15, 0.2) is 0 Å². The van der Waals surface area contributed by atoms with Gasteiger partial charge in [0.2, 0.25) is 5.91 Å². The fourth-order valence-electron chi connectivity index (χ4n) is 2.39. The molecule has 0 saturated heterocycles. The number of amides is 1. The van der Waals surface area contributed by atoms with E-state index in [1.54, 1.807) is 14.2 Å². The van der Waals surface area contributed by atoms with E-state index in [1.165, 1.54) is 0 Å². The maximum atomic E-state index is 12.4. The predicted molar refractivity (Wildman–Crippen MR) is 88.6 cm³/mol. The maximum absolute atomic E-state index is 12.4. The van der Waals surface area contributed by atoms with Gasteiger partial charge in [-0.2, -0.15) is 0 Å². The van der Waals surface area contributed by atoms with Crippen molar-refractivity contribution in [2.45, 2.75) is 44.8 Å². The van der Waals surface area contributed by atoms with Crippen molar-refractivity contribution in [1.29, 1.82) is 0 Å². The Morgan fingerprint density at radius 1 is 1.36 bits per heavy atom. The van der Waals surface area contributed by atoms with Gasteiger partial charge >= 0.3 is 0 Å². The van der Waals surface area contributed by atoms with E-state index in [9.17, 15) is 4.79 Å². The van der Waals surface area contributed by atoms with Gasteiger partial charge in [-0.3, -0.25) is 4.79 Å². The smallest absolute Gasteiger partial charge is 0.224 e. The molecule has 1 aliphatic carbocycles. The minimum absolute atomic E-state index is 0. The van der Waals surface area contributed by atoms with Gasteiger partial charge in [-0.05, 0) is 38.0 Å². The standard InChI is InChI=1S/C16H24N2O3.ClH/c1-11(17)8-16(19)18(13-4-5-13)10-12-9-14(20-2)6-7-15(12)21-3;/h6-7,9,11,13H,4-5,8,10,17H2,1-3H3;1H. The summed E-state index contributed by atoms with van der Waals surface area (Å²) in [5, 5.41) is 0. The molecule has 0 bridgehead atoms. The summed E-state index contributed by atoms with van der Waals surface area (Å²) in [6.45, 7) is 2.39. The lowest BCUT2D eigenvalue weighted by atomic mass is 10.1. The Bertz CT molecular complexity index is 504. The second kappa shape index (κ2) is 8.25. The number of carbonyl (C=O) groups excluding carboxylic acids is 1. The molecule has 0 heterocycles. The molecule has 1 aliphatic rings. The monoisotopic (exact) mass is 328 g/mol. The first-order valence-corrected chi connectivity index (χ1v) is 7.31. The zero-order valence-electron chi connectivity index (χ0n) is 13.4. The highest BCUT2D eigenvalue weighted by molar-refractivity contribution is 5.85. The minimum atomic E-state index is -0.119. The topological polar surface area (TPSA) is 64.8 Å². The molecule has 1 aromatic rings. The third kappa shape index (κ3) is 4.78. The molecule has 6 heteroatoms. The minimum Gasteiger partial charge on any atom is -0.497 e. The Balaban J connectivity index is 0.00000242. The highest BCUT2D eigenvalue weighted by Crippen LogP contribution is 2.32. The van der Waals surface area contributed by atoms with Gasteiger partial charge in [0.25, 0.3) is 0 Å². The molecular weight excluding hydrogens is 304 g/mol. The lowest BCUT2D eigenvalue weighted by molar-refractivity contribution is -0.132. The van der Waals surface area contributed by atoms with E-state index < -0.39 is 0 Å². The number of nitrogens with zero attached hydrogens (tertiary/aromatic N) is 1. The number of hydrogen-bond acceptors (Lipinski definition) is 4. The second-order valence-corrected chi connectivity index (χ2v) is 5.61. The number of carbonyl (C=O) groups is 1. The molecule has 1 fully saturated rings. The normalized spacial score (nSPS) is 14.7. The second-order valence-electron chi connectivity index (χ2n) is 5.61. The van der Waals surface area contributed by atoms with E-state index in [0.717, 1.165) is 29.9 Å². The lowest BCUT2D eigenvalue weighted by Gasteiger charge is -2.24. The first-order chi connectivity index (χ1) is 10.0. The van der Waals surface area contributed by atoms with Gasteiger partial charge in [-0.15, -0.1) is 12.4 Å². The lowest BCUT2D eigenvalue weighted by Crippen LogP contribution is -2.36. The molecule has 1 atom stereocenters. The van der Waals surface area contributed by atoms with Gasteiger partial charge in [-0.1, -0.05) is 0 Å². The first kappa shape index (κ1) is 18.6. The summed E-state index contributed by atoms with van der Waals surface area (Å²) in [4.78, 5) is 14.3. The molecule has 2 rings (SSSR count). The van der Waals surface area contributed by atoms with E-state index in [2.05, 4.69) is 0 Å². The zero-order valence-corrected chi connectivity index (χ0v) is 14.2. The highest BCUT2D eigenvalue weighted by Gasteiger charge is 2.33. The molecular formula is C16H25ClN2O3. The Labute approximate surface area is 138 Å². The molecule has 0 aromatic heterocycles. The number of hydrogen-bond donors (Lipinski definition) is 1. The van der Waals surface area contributed by atoms with Crippen molar-refractivity contribution in [1.82, 2.24) is 4.90 Å². The molecule has 1 amide bonds. The van der Waals surface area contributed by atoms with Gasteiger partial charge in [0.05, 0.1) is 14.2 Å². The van der Waals surface area contributed by atoms with Crippen LogP contribution in [0.5, 0.6) is 11.5 Å². The van der Waals surface area contributed by atoms with Crippen LogP contribution in [-0.4, -0.2) is 37.1 Å². The Morgan fingerprint density at radius 2 is 2.05 bits per heavy atom. The van der Waals surface area contributed by atoms with Crippen molar-refractivity contribution in [3.63, 3.8) is 0 Å². The maximum Gasteiger partial charge on any atom is 0.224 e. The Hall–Kier alpha value is -1.46. The summed E-state index contributed by atoms with van der Waals surface area (Å²) >= 11 is 0. The molecule has 0 aliphatic heterocycles. The van der Waals surface area contributed by atoms with Crippen LogP contribution in [0.1, 0.15) is 31.7 Å². The number of ether oxygens (including phenoxy) is 2. The summed E-state index contributed by atoms with van der Waals surface area (Å²) in [6, 6.07) is 5.87. The quantitative estimate of drug-likeness (QED) is 0.834. The first-order valence-electron chi connectivity index (χ1n) is 7.31. The number of methoxy groups -OCH3 is 2. The molecule has 1 saturated carbocycles. The molecule has 124 valence electrons. The number of nitrogens with two attached hydrogens (primary N) is 1.